The van der Waals surface area contributed by atoms with Gasteiger partial charge in [0.15, 0.2) is 5.82 Å². The second kappa shape index (κ2) is 14.1. The first-order valence-corrected chi connectivity index (χ1v) is 19.4. The maximum atomic E-state index is 5.68. The van der Waals surface area contributed by atoms with E-state index in [9.17, 15) is 0 Å². The van der Waals surface area contributed by atoms with E-state index in [1.54, 1.807) is 0 Å². The highest BCUT2D eigenvalue weighted by Crippen LogP contribution is 2.53. The van der Waals surface area contributed by atoms with Gasteiger partial charge in [0, 0.05) is 44.4 Å². The van der Waals surface area contributed by atoms with Crippen molar-refractivity contribution in [2.75, 3.05) is 0 Å². The molecule has 7 aromatic carbocycles. The van der Waals surface area contributed by atoms with Crippen LogP contribution in [0.3, 0.4) is 0 Å². The first-order chi connectivity index (χ1) is 28.0. The van der Waals surface area contributed by atoms with E-state index in [-0.39, 0.29) is 5.41 Å². The quantitative estimate of drug-likeness (QED) is 0.164. The van der Waals surface area contributed by atoms with E-state index in [4.69, 9.17) is 19.9 Å². The molecule has 0 bridgehead atoms. The van der Waals surface area contributed by atoms with Crippen LogP contribution in [0.4, 0.5) is 0 Å². The highest BCUT2D eigenvalue weighted by Gasteiger charge is 2.37. The molecule has 0 saturated heterocycles. The van der Waals surface area contributed by atoms with Crippen molar-refractivity contribution in [3.05, 3.63) is 205 Å². The van der Waals surface area contributed by atoms with E-state index in [0.29, 0.717) is 5.82 Å². The summed E-state index contributed by atoms with van der Waals surface area (Å²) in [5.74, 6) is 0.646. The minimum atomic E-state index is -0.148. The number of fused-ring (bicyclic) bond motifs is 3. The standard InChI is InChI=1S/C53H38N4/c1-53(2)43-31-16-15-29-41(43)47-42(30-18-32-44(47)53)51-49(38-25-13-6-14-26-38)56-50(48(57-51)37-23-11-5-12-24-37)39-27-17-28-40(33-39)52-54-45(35-19-7-3-8-20-35)34-46(55-52)36-21-9-4-10-22-36/h3-34H,1-2H3. The Bertz CT molecular complexity index is 2850. The molecule has 0 saturated carbocycles. The van der Waals surface area contributed by atoms with Crippen molar-refractivity contribution < 1.29 is 0 Å². The Morgan fingerprint density at radius 2 is 0.737 bits per heavy atom. The molecule has 10 rings (SSSR count). The van der Waals surface area contributed by atoms with Crippen LogP contribution in [0.15, 0.2) is 194 Å². The Morgan fingerprint density at radius 1 is 0.316 bits per heavy atom. The van der Waals surface area contributed by atoms with Gasteiger partial charge in [-0.05, 0) is 34.4 Å². The van der Waals surface area contributed by atoms with E-state index in [0.717, 1.165) is 73.1 Å². The smallest absolute Gasteiger partial charge is 0.160 e. The van der Waals surface area contributed by atoms with Crippen molar-refractivity contribution in [3.8, 4) is 90.1 Å². The molecule has 0 fully saturated rings. The molecule has 1 aliphatic rings. The molecule has 1 aliphatic carbocycles. The Labute approximate surface area is 333 Å². The van der Waals surface area contributed by atoms with Crippen LogP contribution in [0.1, 0.15) is 25.0 Å². The fourth-order valence-electron chi connectivity index (χ4n) is 8.27. The Hall–Kier alpha value is -7.30. The highest BCUT2D eigenvalue weighted by molar-refractivity contribution is 5.96. The van der Waals surface area contributed by atoms with Gasteiger partial charge < -0.3 is 0 Å². The van der Waals surface area contributed by atoms with Crippen LogP contribution in [-0.2, 0) is 5.41 Å². The van der Waals surface area contributed by atoms with Gasteiger partial charge >= 0.3 is 0 Å². The van der Waals surface area contributed by atoms with Gasteiger partial charge in [0.05, 0.1) is 34.2 Å². The van der Waals surface area contributed by atoms with Crippen molar-refractivity contribution in [1.82, 2.24) is 19.9 Å². The average molecular weight is 731 g/mol. The summed E-state index contributed by atoms with van der Waals surface area (Å²) < 4.78 is 0. The molecule has 0 spiro atoms. The van der Waals surface area contributed by atoms with Crippen LogP contribution < -0.4 is 0 Å². The summed E-state index contributed by atoms with van der Waals surface area (Å²) in [6, 6.07) is 67.4. The van der Waals surface area contributed by atoms with Gasteiger partial charge in [-0.2, -0.15) is 0 Å². The van der Waals surface area contributed by atoms with Crippen molar-refractivity contribution >= 4 is 0 Å². The maximum absolute atomic E-state index is 5.68. The van der Waals surface area contributed by atoms with E-state index < -0.39 is 0 Å². The van der Waals surface area contributed by atoms with E-state index in [2.05, 4.69) is 159 Å². The van der Waals surface area contributed by atoms with Crippen molar-refractivity contribution in [2.45, 2.75) is 19.3 Å². The summed E-state index contributed by atoms with van der Waals surface area (Å²) >= 11 is 0. The molecule has 270 valence electrons. The molecule has 2 heterocycles. The first kappa shape index (κ1) is 34.2. The molecule has 0 radical (unpaired) electrons. The third-order valence-electron chi connectivity index (χ3n) is 11.1. The lowest BCUT2D eigenvalue weighted by atomic mass is 9.82. The first-order valence-electron chi connectivity index (χ1n) is 19.4. The summed E-state index contributed by atoms with van der Waals surface area (Å²) in [5, 5.41) is 0. The Kier molecular flexibility index (Phi) is 8.45. The zero-order chi connectivity index (χ0) is 38.3. The largest absolute Gasteiger partial charge is 0.243 e. The molecule has 2 aromatic heterocycles. The number of benzene rings is 7. The van der Waals surface area contributed by atoms with Crippen LogP contribution in [-0.4, -0.2) is 19.9 Å². The van der Waals surface area contributed by atoms with Gasteiger partial charge in [0.2, 0.25) is 0 Å². The van der Waals surface area contributed by atoms with Crippen LogP contribution in [0, 0.1) is 0 Å². The molecule has 57 heavy (non-hydrogen) atoms. The normalized spacial score (nSPS) is 12.5. The maximum Gasteiger partial charge on any atom is 0.160 e. The number of hydrogen-bond acceptors (Lipinski definition) is 4. The lowest BCUT2D eigenvalue weighted by molar-refractivity contribution is 0.660. The Morgan fingerprint density at radius 3 is 1.35 bits per heavy atom. The third kappa shape index (κ3) is 6.12. The second-order valence-electron chi connectivity index (χ2n) is 15.0. The zero-order valence-corrected chi connectivity index (χ0v) is 31.8. The fraction of sp³-hybridized carbons (Fsp3) is 0.0566. The topological polar surface area (TPSA) is 51.6 Å². The fourth-order valence-corrected chi connectivity index (χ4v) is 8.27. The third-order valence-corrected chi connectivity index (χ3v) is 11.1. The van der Waals surface area contributed by atoms with E-state index >= 15 is 0 Å². The predicted octanol–water partition coefficient (Wildman–Crippen LogP) is 13.2. The van der Waals surface area contributed by atoms with Gasteiger partial charge in [-0.25, -0.2) is 19.9 Å². The van der Waals surface area contributed by atoms with Crippen LogP contribution in [0.25, 0.3) is 90.1 Å². The molecule has 4 heteroatoms. The second-order valence-corrected chi connectivity index (χ2v) is 15.0. The minimum Gasteiger partial charge on any atom is -0.243 e. The van der Waals surface area contributed by atoms with Gasteiger partial charge in [-0.3, -0.25) is 0 Å². The molecule has 0 atom stereocenters. The molecule has 0 amide bonds. The van der Waals surface area contributed by atoms with Crippen molar-refractivity contribution in [1.29, 1.82) is 0 Å². The average Bonchev–Trinajstić information content (AvgIpc) is 3.53. The zero-order valence-electron chi connectivity index (χ0n) is 31.8. The molecule has 4 nitrogen and oxygen atoms in total. The van der Waals surface area contributed by atoms with Gasteiger partial charge in [0.1, 0.15) is 0 Å². The van der Waals surface area contributed by atoms with Crippen LogP contribution >= 0.6 is 0 Å². The van der Waals surface area contributed by atoms with Crippen LogP contribution in [0.2, 0.25) is 0 Å². The van der Waals surface area contributed by atoms with Crippen molar-refractivity contribution in [3.63, 3.8) is 0 Å². The number of nitrogens with zero attached hydrogens (tertiary/aromatic N) is 4. The van der Waals surface area contributed by atoms with E-state index in [1.807, 2.05) is 48.5 Å². The summed E-state index contributed by atoms with van der Waals surface area (Å²) in [5.41, 5.74) is 17.0. The lowest BCUT2D eigenvalue weighted by Crippen LogP contribution is -2.14. The summed E-state index contributed by atoms with van der Waals surface area (Å²) in [7, 11) is 0. The van der Waals surface area contributed by atoms with Crippen LogP contribution in [0.5, 0.6) is 0 Å². The molecule has 0 aliphatic heterocycles. The molecule has 0 unspecified atom stereocenters. The van der Waals surface area contributed by atoms with E-state index in [1.165, 1.54) is 22.3 Å². The predicted molar refractivity (Wildman–Crippen MR) is 233 cm³/mol. The summed E-state index contributed by atoms with van der Waals surface area (Å²) in [6.07, 6.45) is 0. The highest BCUT2D eigenvalue weighted by atomic mass is 14.9. The van der Waals surface area contributed by atoms with Crippen molar-refractivity contribution in [2.24, 2.45) is 0 Å². The Balaban J connectivity index is 1.21. The molecular formula is C53H38N4. The summed E-state index contributed by atoms with van der Waals surface area (Å²) in [6.45, 7) is 4.64. The summed E-state index contributed by atoms with van der Waals surface area (Å²) in [4.78, 5) is 21.6. The lowest BCUT2D eigenvalue weighted by Gasteiger charge is -2.22. The van der Waals surface area contributed by atoms with Gasteiger partial charge in [-0.15, -0.1) is 0 Å². The van der Waals surface area contributed by atoms with Gasteiger partial charge in [0.25, 0.3) is 0 Å². The minimum absolute atomic E-state index is 0.148. The molecular weight excluding hydrogens is 693 g/mol. The molecule has 0 N–H and O–H groups in total. The number of rotatable bonds is 7. The van der Waals surface area contributed by atoms with Gasteiger partial charge in [-0.1, -0.05) is 196 Å². The number of hydrogen-bond donors (Lipinski definition) is 0. The monoisotopic (exact) mass is 730 g/mol. The molecule has 9 aromatic rings. The SMILES string of the molecule is CC1(C)c2ccccc2-c2c(-c3nc(-c4ccccc4)c(-c4cccc(-c5nc(-c6ccccc6)cc(-c6ccccc6)n5)c4)nc3-c3ccccc3)cccc21. The number of aromatic nitrogens is 4.